The van der Waals surface area contributed by atoms with Crippen molar-refractivity contribution >= 4 is 29.1 Å². The van der Waals surface area contributed by atoms with Gasteiger partial charge in [-0.2, -0.15) is 5.26 Å². The summed E-state index contributed by atoms with van der Waals surface area (Å²) in [6.45, 7) is -0.269. The van der Waals surface area contributed by atoms with Crippen LogP contribution in [-0.2, 0) is 4.79 Å². The highest BCUT2D eigenvalue weighted by Crippen LogP contribution is 2.27. The van der Waals surface area contributed by atoms with E-state index >= 15 is 0 Å². The number of carbonyl (C=O) groups excluding carboxylic acids is 1. The van der Waals surface area contributed by atoms with Crippen LogP contribution in [0.25, 0.3) is 0 Å². The maximum atomic E-state index is 10.9. The zero-order chi connectivity index (χ0) is 11.3. The van der Waals surface area contributed by atoms with E-state index in [0.717, 1.165) is 0 Å². The molecular weight excluding hydrogens is 239 g/mol. The van der Waals surface area contributed by atoms with Crippen molar-refractivity contribution in [2.45, 2.75) is 0 Å². The van der Waals surface area contributed by atoms with Gasteiger partial charge in [-0.05, 0) is 18.2 Å². The van der Waals surface area contributed by atoms with Gasteiger partial charge in [0.1, 0.15) is 5.75 Å². The SMILES string of the molecule is N#CNC(=O)COc1ccc(Cl)cc1Cl. The molecule has 0 bridgehead atoms. The lowest BCUT2D eigenvalue weighted by Gasteiger charge is -2.06. The summed E-state index contributed by atoms with van der Waals surface area (Å²) in [5, 5.41) is 10.9. The molecule has 0 heterocycles. The van der Waals surface area contributed by atoms with Gasteiger partial charge in [0.25, 0.3) is 5.91 Å². The summed E-state index contributed by atoms with van der Waals surface area (Å²) in [5.41, 5.74) is 0. The molecule has 4 nitrogen and oxygen atoms in total. The molecule has 0 spiro atoms. The fourth-order valence-corrected chi connectivity index (χ4v) is 1.30. The molecule has 0 saturated carbocycles. The number of hydrogen-bond donors (Lipinski definition) is 1. The number of ether oxygens (including phenoxy) is 1. The van der Waals surface area contributed by atoms with Gasteiger partial charge >= 0.3 is 0 Å². The normalized spacial score (nSPS) is 9.13. The third kappa shape index (κ3) is 3.66. The number of nitriles is 1. The Balaban J connectivity index is 2.59. The molecule has 0 aliphatic rings. The van der Waals surface area contributed by atoms with E-state index in [2.05, 4.69) is 0 Å². The van der Waals surface area contributed by atoms with Crippen LogP contribution in [0, 0.1) is 11.5 Å². The smallest absolute Gasteiger partial charge is 0.270 e. The molecule has 0 aliphatic carbocycles. The van der Waals surface area contributed by atoms with Crippen molar-refractivity contribution in [1.29, 1.82) is 5.26 Å². The van der Waals surface area contributed by atoms with E-state index in [9.17, 15) is 4.79 Å². The van der Waals surface area contributed by atoms with Gasteiger partial charge in [0.2, 0.25) is 0 Å². The number of nitrogens with zero attached hydrogens (tertiary/aromatic N) is 1. The highest BCUT2D eigenvalue weighted by atomic mass is 35.5. The predicted molar refractivity (Wildman–Crippen MR) is 55.7 cm³/mol. The molecule has 1 rings (SSSR count). The van der Waals surface area contributed by atoms with Crippen LogP contribution >= 0.6 is 23.2 Å². The van der Waals surface area contributed by atoms with Gasteiger partial charge in [-0.1, -0.05) is 23.2 Å². The standard InChI is InChI=1S/C9H6Cl2N2O2/c10-6-1-2-8(7(11)3-6)15-4-9(14)13-5-12/h1-3H,4H2,(H,13,14). The lowest BCUT2D eigenvalue weighted by molar-refractivity contribution is -0.121. The van der Waals surface area contributed by atoms with Crippen LogP contribution in [0.1, 0.15) is 0 Å². The second-order valence-electron chi connectivity index (χ2n) is 2.52. The molecule has 0 aromatic heterocycles. The second-order valence-corrected chi connectivity index (χ2v) is 3.37. The Morgan fingerprint density at radius 2 is 2.27 bits per heavy atom. The molecule has 0 atom stereocenters. The number of amides is 1. The molecular formula is C9H6Cl2N2O2. The molecule has 0 radical (unpaired) electrons. The molecule has 0 saturated heterocycles. The highest BCUT2D eigenvalue weighted by Gasteiger charge is 2.05. The maximum Gasteiger partial charge on any atom is 0.270 e. The van der Waals surface area contributed by atoms with Crippen LogP contribution in [-0.4, -0.2) is 12.5 Å². The van der Waals surface area contributed by atoms with Crippen LogP contribution < -0.4 is 10.1 Å². The van der Waals surface area contributed by atoms with Crippen LogP contribution in [0.3, 0.4) is 0 Å². The Kier molecular flexibility index (Phi) is 4.22. The van der Waals surface area contributed by atoms with Crippen molar-refractivity contribution in [2.24, 2.45) is 0 Å². The largest absolute Gasteiger partial charge is 0.482 e. The maximum absolute atomic E-state index is 10.9. The van der Waals surface area contributed by atoms with E-state index in [-0.39, 0.29) is 6.61 Å². The highest BCUT2D eigenvalue weighted by molar-refractivity contribution is 6.35. The first-order chi connectivity index (χ1) is 7.13. The topological polar surface area (TPSA) is 62.1 Å². The average Bonchev–Trinajstić information content (AvgIpc) is 2.17. The van der Waals surface area contributed by atoms with Gasteiger partial charge in [0.05, 0.1) is 5.02 Å². The third-order valence-corrected chi connectivity index (χ3v) is 1.98. The Labute approximate surface area is 96.4 Å². The number of carbonyl (C=O) groups is 1. The van der Waals surface area contributed by atoms with Crippen molar-refractivity contribution < 1.29 is 9.53 Å². The summed E-state index contributed by atoms with van der Waals surface area (Å²) < 4.78 is 5.05. The van der Waals surface area contributed by atoms with Crippen molar-refractivity contribution in [3.05, 3.63) is 28.2 Å². The first-order valence-electron chi connectivity index (χ1n) is 3.89. The van der Waals surface area contributed by atoms with E-state index in [1.807, 2.05) is 5.32 Å². The summed E-state index contributed by atoms with van der Waals surface area (Å²) in [7, 11) is 0. The Morgan fingerprint density at radius 1 is 1.53 bits per heavy atom. The number of benzene rings is 1. The first-order valence-corrected chi connectivity index (χ1v) is 4.65. The van der Waals surface area contributed by atoms with Crippen molar-refractivity contribution in [3.63, 3.8) is 0 Å². The van der Waals surface area contributed by atoms with Crippen LogP contribution in [0.2, 0.25) is 10.0 Å². The van der Waals surface area contributed by atoms with Crippen LogP contribution in [0.5, 0.6) is 5.75 Å². The number of halogens is 2. The molecule has 1 aromatic carbocycles. The zero-order valence-corrected chi connectivity index (χ0v) is 8.97. The van der Waals surface area contributed by atoms with Gasteiger partial charge < -0.3 is 4.74 Å². The number of nitrogens with one attached hydrogen (secondary N) is 1. The third-order valence-electron chi connectivity index (χ3n) is 1.45. The van der Waals surface area contributed by atoms with Crippen molar-refractivity contribution in [2.75, 3.05) is 6.61 Å². The zero-order valence-electron chi connectivity index (χ0n) is 7.46. The quantitative estimate of drug-likeness (QED) is 0.654. The second kappa shape index (κ2) is 5.44. The lowest BCUT2D eigenvalue weighted by Crippen LogP contribution is -2.24. The van der Waals surface area contributed by atoms with E-state index in [0.29, 0.717) is 15.8 Å². The number of hydrogen-bond acceptors (Lipinski definition) is 3. The molecule has 1 N–H and O–H groups in total. The molecule has 0 aliphatic heterocycles. The van der Waals surface area contributed by atoms with Crippen molar-refractivity contribution in [3.8, 4) is 11.9 Å². The van der Waals surface area contributed by atoms with E-state index in [1.165, 1.54) is 12.3 Å². The van der Waals surface area contributed by atoms with Gasteiger partial charge in [0, 0.05) is 5.02 Å². The molecule has 78 valence electrons. The fraction of sp³-hybridized carbons (Fsp3) is 0.111. The summed E-state index contributed by atoms with van der Waals surface area (Å²) in [4.78, 5) is 10.9. The summed E-state index contributed by atoms with van der Waals surface area (Å²) >= 11 is 11.5. The molecule has 0 unspecified atom stereocenters. The van der Waals surface area contributed by atoms with E-state index in [1.54, 1.807) is 12.1 Å². The Hall–Kier alpha value is -1.44. The van der Waals surface area contributed by atoms with Crippen molar-refractivity contribution in [1.82, 2.24) is 5.32 Å². The summed E-state index contributed by atoms with van der Waals surface area (Å²) in [5.74, 6) is -0.197. The molecule has 1 amide bonds. The summed E-state index contributed by atoms with van der Waals surface area (Å²) in [6.07, 6.45) is 1.49. The molecule has 15 heavy (non-hydrogen) atoms. The van der Waals surface area contributed by atoms with Gasteiger partial charge in [-0.25, -0.2) is 0 Å². The van der Waals surface area contributed by atoms with Crippen LogP contribution in [0.15, 0.2) is 18.2 Å². The molecule has 1 aromatic rings. The molecule has 0 fully saturated rings. The lowest BCUT2D eigenvalue weighted by atomic mass is 10.3. The predicted octanol–water partition coefficient (Wildman–Crippen LogP) is 1.97. The van der Waals surface area contributed by atoms with Gasteiger partial charge in [-0.3, -0.25) is 10.1 Å². The monoisotopic (exact) mass is 244 g/mol. The van der Waals surface area contributed by atoms with Gasteiger partial charge in [0.15, 0.2) is 12.8 Å². The molecule has 6 heteroatoms. The fourth-order valence-electron chi connectivity index (χ4n) is 0.834. The summed E-state index contributed by atoms with van der Waals surface area (Å²) in [6, 6.07) is 4.63. The Morgan fingerprint density at radius 3 is 2.87 bits per heavy atom. The van der Waals surface area contributed by atoms with E-state index < -0.39 is 5.91 Å². The van der Waals surface area contributed by atoms with Crippen LogP contribution in [0.4, 0.5) is 0 Å². The minimum atomic E-state index is -0.538. The average molecular weight is 245 g/mol. The Bertz CT molecular complexity index is 415. The first kappa shape index (κ1) is 11.6. The number of rotatable bonds is 3. The van der Waals surface area contributed by atoms with Gasteiger partial charge in [-0.15, -0.1) is 0 Å². The van der Waals surface area contributed by atoms with E-state index in [4.69, 9.17) is 33.2 Å². The minimum Gasteiger partial charge on any atom is -0.482 e. The minimum absolute atomic E-state index is 0.269.